The Hall–Kier alpha value is -0.900. The van der Waals surface area contributed by atoms with Gasteiger partial charge in [-0.15, -0.1) is 0 Å². The Labute approximate surface area is 121 Å². The number of hydrogen-bond acceptors (Lipinski definition) is 4. The molecular formula is C16H27N3O. The van der Waals surface area contributed by atoms with E-state index in [-0.39, 0.29) is 0 Å². The van der Waals surface area contributed by atoms with E-state index >= 15 is 0 Å². The zero-order valence-electron chi connectivity index (χ0n) is 12.8. The van der Waals surface area contributed by atoms with E-state index in [9.17, 15) is 0 Å². The highest BCUT2D eigenvalue weighted by molar-refractivity contribution is 5.05. The van der Waals surface area contributed by atoms with Crippen LogP contribution in [0.15, 0.2) is 4.52 Å². The van der Waals surface area contributed by atoms with Crippen LogP contribution in [0.2, 0.25) is 0 Å². The lowest BCUT2D eigenvalue weighted by Gasteiger charge is -2.28. The summed E-state index contributed by atoms with van der Waals surface area (Å²) >= 11 is 0. The number of aromatic nitrogens is 2. The summed E-state index contributed by atoms with van der Waals surface area (Å²) in [6.45, 7) is 2.29. The fourth-order valence-electron chi connectivity index (χ4n) is 4.02. The number of nitrogens with zero attached hydrogens (tertiary/aromatic N) is 2. The second-order valence-corrected chi connectivity index (χ2v) is 6.56. The highest BCUT2D eigenvalue weighted by Crippen LogP contribution is 2.39. The third-order valence-electron chi connectivity index (χ3n) is 5.40. The van der Waals surface area contributed by atoms with Crippen molar-refractivity contribution >= 4 is 0 Å². The smallest absolute Gasteiger partial charge is 0.231 e. The van der Waals surface area contributed by atoms with Crippen molar-refractivity contribution < 1.29 is 4.52 Å². The van der Waals surface area contributed by atoms with Crippen LogP contribution < -0.4 is 5.32 Å². The van der Waals surface area contributed by atoms with Gasteiger partial charge < -0.3 is 9.84 Å². The molecule has 0 radical (unpaired) electrons. The molecule has 0 amide bonds. The summed E-state index contributed by atoms with van der Waals surface area (Å²) in [5.41, 5.74) is 0. The molecule has 112 valence electrons. The van der Waals surface area contributed by atoms with E-state index < -0.39 is 0 Å². The van der Waals surface area contributed by atoms with Gasteiger partial charge in [0.05, 0.1) is 5.92 Å². The van der Waals surface area contributed by atoms with Gasteiger partial charge in [-0.05, 0) is 45.1 Å². The van der Waals surface area contributed by atoms with Gasteiger partial charge >= 0.3 is 0 Å². The van der Waals surface area contributed by atoms with E-state index in [1.165, 1.54) is 51.4 Å². The van der Waals surface area contributed by atoms with Crippen molar-refractivity contribution in [3.63, 3.8) is 0 Å². The SMILES string of the molecule is CCC1CCC(c2noc(C3CCCCC3NC)n2)C1. The highest BCUT2D eigenvalue weighted by atomic mass is 16.5. The Balaban J connectivity index is 1.70. The Morgan fingerprint density at radius 1 is 1.20 bits per heavy atom. The minimum atomic E-state index is 0.415. The lowest BCUT2D eigenvalue weighted by Crippen LogP contribution is -2.34. The van der Waals surface area contributed by atoms with Gasteiger partial charge in [-0.1, -0.05) is 31.3 Å². The number of nitrogens with one attached hydrogen (secondary N) is 1. The Bertz CT molecular complexity index is 431. The van der Waals surface area contributed by atoms with Crippen molar-refractivity contribution in [3.8, 4) is 0 Å². The molecule has 0 spiro atoms. The van der Waals surface area contributed by atoms with Gasteiger partial charge in [-0.2, -0.15) is 4.98 Å². The van der Waals surface area contributed by atoms with E-state index in [4.69, 9.17) is 9.51 Å². The first kappa shape index (κ1) is 14.1. The maximum atomic E-state index is 5.62. The minimum absolute atomic E-state index is 0.415. The maximum Gasteiger partial charge on any atom is 0.231 e. The summed E-state index contributed by atoms with van der Waals surface area (Å²) in [4.78, 5) is 4.77. The van der Waals surface area contributed by atoms with Crippen LogP contribution in [0, 0.1) is 5.92 Å². The molecule has 2 aliphatic rings. The van der Waals surface area contributed by atoms with E-state index in [0.717, 1.165) is 17.6 Å². The Morgan fingerprint density at radius 3 is 2.80 bits per heavy atom. The average molecular weight is 277 g/mol. The fraction of sp³-hybridized carbons (Fsp3) is 0.875. The van der Waals surface area contributed by atoms with Crippen molar-refractivity contribution in [2.75, 3.05) is 7.05 Å². The molecule has 2 aliphatic carbocycles. The molecule has 0 saturated heterocycles. The van der Waals surface area contributed by atoms with Crippen LogP contribution in [0.4, 0.5) is 0 Å². The van der Waals surface area contributed by atoms with Crippen LogP contribution in [-0.4, -0.2) is 23.2 Å². The normalized spacial score (nSPS) is 34.5. The molecular weight excluding hydrogens is 250 g/mol. The van der Waals surface area contributed by atoms with Gasteiger partial charge in [0.25, 0.3) is 0 Å². The Kier molecular flexibility index (Phi) is 4.39. The van der Waals surface area contributed by atoms with E-state index in [2.05, 4.69) is 17.4 Å². The second kappa shape index (κ2) is 6.25. The van der Waals surface area contributed by atoms with Crippen LogP contribution in [0.25, 0.3) is 0 Å². The number of likely N-dealkylation sites (N-methyl/N-ethyl adjacent to an activating group) is 1. The van der Waals surface area contributed by atoms with E-state index in [1.807, 2.05) is 7.05 Å². The topological polar surface area (TPSA) is 51.0 Å². The minimum Gasteiger partial charge on any atom is -0.339 e. The summed E-state index contributed by atoms with van der Waals surface area (Å²) in [5, 5.41) is 7.72. The predicted molar refractivity (Wildman–Crippen MR) is 78.7 cm³/mol. The molecule has 4 atom stereocenters. The van der Waals surface area contributed by atoms with Gasteiger partial charge in [0.15, 0.2) is 5.82 Å². The molecule has 0 aliphatic heterocycles. The van der Waals surface area contributed by atoms with Crippen molar-refractivity contribution in [2.24, 2.45) is 5.92 Å². The molecule has 2 saturated carbocycles. The van der Waals surface area contributed by atoms with Crippen LogP contribution in [0.3, 0.4) is 0 Å². The summed E-state index contributed by atoms with van der Waals surface area (Å²) in [5.74, 6) is 3.66. The molecule has 0 aromatic carbocycles. The van der Waals surface area contributed by atoms with Crippen molar-refractivity contribution in [3.05, 3.63) is 11.7 Å². The van der Waals surface area contributed by atoms with Crippen molar-refractivity contribution in [1.82, 2.24) is 15.5 Å². The first-order valence-corrected chi connectivity index (χ1v) is 8.32. The van der Waals surface area contributed by atoms with Crippen LogP contribution in [0.1, 0.15) is 81.8 Å². The van der Waals surface area contributed by atoms with Gasteiger partial charge in [0, 0.05) is 12.0 Å². The van der Waals surface area contributed by atoms with Crippen molar-refractivity contribution in [2.45, 2.75) is 76.2 Å². The molecule has 4 heteroatoms. The first-order chi connectivity index (χ1) is 9.81. The fourth-order valence-corrected chi connectivity index (χ4v) is 4.02. The molecule has 1 heterocycles. The molecule has 4 nitrogen and oxygen atoms in total. The second-order valence-electron chi connectivity index (χ2n) is 6.56. The summed E-state index contributed by atoms with van der Waals surface area (Å²) in [6, 6.07) is 0.504. The van der Waals surface area contributed by atoms with Crippen LogP contribution in [-0.2, 0) is 0 Å². The molecule has 1 aromatic rings. The molecule has 1 N–H and O–H groups in total. The third-order valence-corrected chi connectivity index (χ3v) is 5.40. The zero-order chi connectivity index (χ0) is 13.9. The van der Waals surface area contributed by atoms with Gasteiger partial charge in [0.1, 0.15) is 0 Å². The molecule has 20 heavy (non-hydrogen) atoms. The number of rotatable bonds is 4. The van der Waals surface area contributed by atoms with Gasteiger partial charge in [-0.3, -0.25) is 0 Å². The summed E-state index contributed by atoms with van der Waals surface area (Å²) in [6.07, 6.45) is 10.1. The van der Waals surface area contributed by atoms with Crippen LogP contribution >= 0.6 is 0 Å². The lowest BCUT2D eigenvalue weighted by molar-refractivity contribution is 0.269. The average Bonchev–Trinajstić information content (AvgIpc) is 3.15. The predicted octanol–water partition coefficient (Wildman–Crippen LogP) is 3.61. The summed E-state index contributed by atoms with van der Waals surface area (Å²) in [7, 11) is 2.04. The lowest BCUT2D eigenvalue weighted by atomic mass is 9.84. The van der Waals surface area contributed by atoms with Gasteiger partial charge in [-0.25, -0.2) is 0 Å². The van der Waals surface area contributed by atoms with Crippen LogP contribution in [0.5, 0.6) is 0 Å². The number of hydrogen-bond donors (Lipinski definition) is 1. The molecule has 3 rings (SSSR count). The highest BCUT2D eigenvalue weighted by Gasteiger charge is 2.32. The molecule has 2 fully saturated rings. The monoisotopic (exact) mass is 277 g/mol. The molecule has 1 aromatic heterocycles. The Morgan fingerprint density at radius 2 is 2.05 bits per heavy atom. The molecule has 4 unspecified atom stereocenters. The zero-order valence-corrected chi connectivity index (χ0v) is 12.8. The van der Waals surface area contributed by atoms with Gasteiger partial charge in [0.2, 0.25) is 5.89 Å². The third kappa shape index (κ3) is 2.76. The first-order valence-electron chi connectivity index (χ1n) is 8.32. The maximum absolute atomic E-state index is 5.62. The quantitative estimate of drug-likeness (QED) is 0.913. The van der Waals surface area contributed by atoms with E-state index in [1.54, 1.807) is 0 Å². The van der Waals surface area contributed by atoms with Crippen molar-refractivity contribution in [1.29, 1.82) is 0 Å². The summed E-state index contributed by atoms with van der Waals surface area (Å²) < 4.78 is 5.62. The standard InChI is InChI=1S/C16H27N3O/c1-3-11-8-9-12(10-11)15-18-16(20-19-15)13-6-4-5-7-14(13)17-2/h11-14,17H,3-10H2,1-2H3. The van der Waals surface area contributed by atoms with E-state index in [0.29, 0.717) is 17.9 Å². The largest absolute Gasteiger partial charge is 0.339 e. The molecule has 0 bridgehead atoms.